The zero-order valence-corrected chi connectivity index (χ0v) is 16.4. The molecule has 0 aliphatic carbocycles. The van der Waals surface area contributed by atoms with Gasteiger partial charge in [0.15, 0.2) is 0 Å². The third-order valence-corrected chi connectivity index (χ3v) is 4.48. The lowest BCUT2D eigenvalue weighted by Crippen LogP contribution is -2.22. The van der Waals surface area contributed by atoms with Crippen molar-refractivity contribution in [2.24, 2.45) is 15.9 Å². The van der Waals surface area contributed by atoms with Crippen LogP contribution in [-0.4, -0.2) is 37.1 Å². The molecule has 2 rings (SSSR count). The molecular formula is C22H28N4O2. The van der Waals surface area contributed by atoms with E-state index in [-0.39, 0.29) is 12.0 Å². The number of hydrogen-bond acceptors (Lipinski definition) is 5. The normalized spacial score (nSPS) is 18.1. The largest absolute Gasteiger partial charge is 0.376 e. The number of nitrogens with zero attached hydrogens (tertiary/aromatic N) is 2. The minimum Gasteiger partial charge on any atom is -0.376 e. The van der Waals surface area contributed by atoms with Crippen LogP contribution in [0.2, 0.25) is 0 Å². The van der Waals surface area contributed by atoms with E-state index in [9.17, 15) is 4.79 Å². The fourth-order valence-electron chi connectivity index (χ4n) is 2.98. The van der Waals surface area contributed by atoms with Crippen molar-refractivity contribution in [2.45, 2.75) is 32.3 Å². The molecule has 1 saturated heterocycles. The lowest BCUT2D eigenvalue weighted by atomic mass is 10.0. The molecule has 1 unspecified atom stereocenters. The maximum atomic E-state index is 12.2. The van der Waals surface area contributed by atoms with E-state index < -0.39 is 0 Å². The second-order valence-electron chi connectivity index (χ2n) is 6.54. The molecule has 0 bridgehead atoms. The van der Waals surface area contributed by atoms with Crippen LogP contribution >= 0.6 is 0 Å². The van der Waals surface area contributed by atoms with Gasteiger partial charge in [-0.25, -0.2) is 0 Å². The van der Waals surface area contributed by atoms with Gasteiger partial charge in [-0.1, -0.05) is 37.5 Å². The van der Waals surface area contributed by atoms with Crippen LogP contribution in [0.3, 0.4) is 0 Å². The van der Waals surface area contributed by atoms with Gasteiger partial charge in [0.2, 0.25) is 0 Å². The maximum absolute atomic E-state index is 12.2. The van der Waals surface area contributed by atoms with Crippen LogP contribution in [0.25, 0.3) is 0 Å². The number of aryl methyl sites for hydroxylation is 1. The number of amides is 1. The topological polar surface area (TPSA) is 89.1 Å². The molecule has 6 heteroatoms. The average molecular weight is 380 g/mol. The molecule has 0 aromatic heterocycles. The van der Waals surface area contributed by atoms with Gasteiger partial charge in [-0.2, -0.15) is 5.10 Å². The first-order valence-corrected chi connectivity index (χ1v) is 9.36. The summed E-state index contributed by atoms with van der Waals surface area (Å²) in [4.78, 5) is 16.7. The summed E-state index contributed by atoms with van der Waals surface area (Å²) in [5.41, 5.74) is 3.49. The Hall–Kier alpha value is -2.99. The average Bonchev–Trinajstić information content (AvgIpc) is 2.71. The highest BCUT2D eigenvalue weighted by Crippen LogP contribution is 2.17. The van der Waals surface area contributed by atoms with Crippen molar-refractivity contribution in [3.8, 4) is 0 Å². The standard InChI is InChI=1S/C22H28N4O2/c1-4-8-17(5-2)22(27)25-18-10-11-20(16(3)13-18)21(26-23)15-24-14-19-9-6-7-12-28-19/h4-5,8,10-11,13,15,19H,1-2,6-7,9,12,14,23H2,3H3,(H,25,27)/b17-8+,24-15?,26-21+. The lowest BCUT2D eigenvalue weighted by molar-refractivity contribution is -0.112. The lowest BCUT2D eigenvalue weighted by Gasteiger charge is -2.20. The first-order chi connectivity index (χ1) is 13.6. The SMILES string of the molecule is C=C/C=C(\C=C)C(=O)Nc1ccc(/C(C=NCC2CCCCO2)=N/N)c(C)c1. The summed E-state index contributed by atoms with van der Waals surface area (Å²) in [7, 11) is 0. The number of allylic oxidation sites excluding steroid dienone is 2. The molecule has 0 radical (unpaired) electrons. The van der Waals surface area contributed by atoms with Gasteiger partial charge in [0.1, 0.15) is 5.71 Å². The zero-order valence-electron chi connectivity index (χ0n) is 16.4. The molecule has 3 N–H and O–H groups in total. The van der Waals surface area contributed by atoms with Gasteiger partial charge in [0.05, 0.1) is 12.6 Å². The van der Waals surface area contributed by atoms with Crippen LogP contribution in [0.5, 0.6) is 0 Å². The number of hydrazone groups is 1. The summed E-state index contributed by atoms with van der Waals surface area (Å²) in [6.07, 6.45) is 9.83. The second kappa shape index (κ2) is 11.0. The van der Waals surface area contributed by atoms with Gasteiger partial charge >= 0.3 is 0 Å². The van der Waals surface area contributed by atoms with E-state index in [1.165, 1.54) is 12.5 Å². The Balaban J connectivity index is 2.06. The summed E-state index contributed by atoms with van der Waals surface area (Å²) < 4.78 is 5.68. The third kappa shape index (κ3) is 6.03. The molecule has 0 spiro atoms. The van der Waals surface area contributed by atoms with E-state index in [2.05, 4.69) is 28.6 Å². The molecule has 1 aromatic rings. The van der Waals surface area contributed by atoms with Gasteiger partial charge in [0.25, 0.3) is 5.91 Å². The second-order valence-corrected chi connectivity index (χ2v) is 6.54. The van der Waals surface area contributed by atoms with Gasteiger partial charge in [-0.15, -0.1) is 0 Å². The Kier molecular flexibility index (Phi) is 8.37. The highest BCUT2D eigenvalue weighted by molar-refractivity contribution is 6.38. The van der Waals surface area contributed by atoms with Crippen LogP contribution in [0, 0.1) is 6.92 Å². The molecule has 1 aromatic carbocycles. The molecule has 6 nitrogen and oxygen atoms in total. The van der Waals surface area contributed by atoms with Crippen molar-refractivity contribution in [1.82, 2.24) is 0 Å². The highest BCUT2D eigenvalue weighted by Gasteiger charge is 2.13. The Labute approximate surface area is 166 Å². The van der Waals surface area contributed by atoms with E-state index in [4.69, 9.17) is 10.6 Å². The number of nitrogens with one attached hydrogen (secondary N) is 1. The van der Waals surface area contributed by atoms with E-state index in [0.29, 0.717) is 23.5 Å². The number of hydrogen-bond donors (Lipinski definition) is 2. The van der Waals surface area contributed by atoms with Crippen LogP contribution in [0.15, 0.2) is 65.3 Å². The quantitative estimate of drug-likeness (QED) is 0.238. The number of ether oxygens (including phenoxy) is 1. The fraction of sp³-hybridized carbons (Fsp3) is 0.318. The van der Waals surface area contributed by atoms with Crippen molar-refractivity contribution in [2.75, 3.05) is 18.5 Å². The Morgan fingerprint density at radius 1 is 1.39 bits per heavy atom. The molecule has 1 aliphatic rings. The molecule has 1 atom stereocenters. The van der Waals surface area contributed by atoms with E-state index in [1.54, 1.807) is 24.4 Å². The molecule has 0 saturated carbocycles. The number of carbonyl (C=O) groups excluding carboxylic acids is 1. The fourth-order valence-corrected chi connectivity index (χ4v) is 2.98. The Morgan fingerprint density at radius 2 is 2.21 bits per heavy atom. The van der Waals surface area contributed by atoms with Crippen molar-refractivity contribution >= 4 is 23.5 Å². The summed E-state index contributed by atoms with van der Waals surface area (Å²) in [5, 5.41) is 6.71. The zero-order chi connectivity index (χ0) is 20.4. The van der Waals surface area contributed by atoms with Gasteiger partial charge in [0, 0.05) is 29.6 Å². The molecule has 28 heavy (non-hydrogen) atoms. The van der Waals surface area contributed by atoms with Crippen molar-refractivity contribution < 1.29 is 9.53 Å². The van der Waals surface area contributed by atoms with Crippen LogP contribution in [0.1, 0.15) is 30.4 Å². The number of benzene rings is 1. The van der Waals surface area contributed by atoms with Crippen LogP contribution in [0.4, 0.5) is 5.69 Å². The first kappa shape index (κ1) is 21.3. The summed E-state index contributed by atoms with van der Waals surface area (Å²) in [5.74, 6) is 5.32. The van der Waals surface area contributed by atoms with Gasteiger partial charge in [-0.05, 0) is 43.9 Å². The molecule has 1 heterocycles. The number of nitrogens with two attached hydrogens (primary N) is 1. The minimum absolute atomic E-state index is 0.172. The number of anilines is 1. The number of aliphatic imine (C=N–C) groups is 1. The minimum atomic E-state index is -0.246. The molecular weight excluding hydrogens is 352 g/mol. The van der Waals surface area contributed by atoms with Crippen LogP contribution < -0.4 is 11.2 Å². The Bertz CT molecular complexity index is 803. The van der Waals surface area contributed by atoms with Crippen molar-refractivity contribution in [3.05, 3.63) is 66.3 Å². The highest BCUT2D eigenvalue weighted by atomic mass is 16.5. The van der Waals surface area contributed by atoms with Crippen molar-refractivity contribution in [1.29, 1.82) is 0 Å². The first-order valence-electron chi connectivity index (χ1n) is 9.36. The van der Waals surface area contributed by atoms with E-state index in [1.807, 2.05) is 19.1 Å². The molecule has 148 valence electrons. The van der Waals surface area contributed by atoms with E-state index >= 15 is 0 Å². The molecule has 1 aliphatic heterocycles. The maximum Gasteiger partial charge on any atom is 0.255 e. The third-order valence-electron chi connectivity index (χ3n) is 4.48. The van der Waals surface area contributed by atoms with E-state index in [0.717, 1.165) is 30.6 Å². The monoisotopic (exact) mass is 380 g/mol. The van der Waals surface area contributed by atoms with Crippen molar-refractivity contribution in [3.63, 3.8) is 0 Å². The summed E-state index contributed by atoms with van der Waals surface area (Å²) in [6.45, 7) is 10.6. The predicted octanol–water partition coefficient (Wildman–Crippen LogP) is 3.53. The molecule has 1 amide bonds. The molecule has 1 fully saturated rings. The number of rotatable bonds is 8. The van der Waals surface area contributed by atoms with Gasteiger partial charge < -0.3 is 15.9 Å². The van der Waals surface area contributed by atoms with Crippen LogP contribution in [-0.2, 0) is 9.53 Å². The van der Waals surface area contributed by atoms with Gasteiger partial charge in [-0.3, -0.25) is 9.79 Å². The Morgan fingerprint density at radius 3 is 2.82 bits per heavy atom. The summed E-state index contributed by atoms with van der Waals surface area (Å²) in [6, 6.07) is 5.54. The summed E-state index contributed by atoms with van der Waals surface area (Å²) >= 11 is 0. The predicted molar refractivity (Wildman–Crippen MR) is 116 cm³/mol. The smallest absolute Gasteiger partial charge is 0.255 e. The number of carbonyl (C=O) groups is 1.